The highest BCUT2D eigenvalue weighted by molar-refractivity contribution is 7.80. The van der Waals surface area contributed by atoms with Gasteiger partial charge in [-0.05, 0) is 116 Å². The van der Waals surface area contributed by atoms with E-state index < -0.39 is 55.3 Å². The van der Waals surface area contributed by atoms with Gasteiger partial charge < -0.3 is 109 Å². The summed E-state index contributed by atoms with van der Waals surface area (Å²) in [4.78, 5) is 140. The number of likely N-dealkylation sites (N-methyl/N-ethyl adjacent to an activating group) is 2. The van der Waals surface area contributed by atoms with Gasteiger partial charge in [-0.25, -0.2) is 4.79 Å². The minimum absolute atomic E-state index is 0.0374. The molecule has 5 aromatic rings. The number of primary amides is 1. The average Bonchev–Trinajstić information content (AvgIpc) is 0.965. The summed E-state index contributed by atoms with van der Waals surface area (Å²) in [5.74, 6) is -1.96. The Morgan fingerprint density at radius 3 is 1.65 bits per heavy atom. The van der Waals surface area contributed by atoms with E-state index in [4.69, 9.17) is 95.8 Å². The van der Waals surface area contributed by atoms with Crippen LogP contribution in [-0.2, 0) is 73.3 Å². The van der Waals surface area contributed by atoms with Gasteiger partial charge >= 0.3 is 14.6 Å². The topological polar surface area (TPSA) is 382 Å². The second-order valence-electron chi connectivity index (χ2n) is 28.3. The van der Waals surface area contributed by atoms with Gasteiger partial charge in [0, 0.05) is 130 Å². The molecule has 5 heterocycles. The maximum atomic E-state index is 15.0. The number of hydrogen-bond donors (Lipinski definition) is 9. The third kappa shape index (κ3) is 20.5. The smallest absolute Gasteiger partial charge is 0.391 e. The lowest BCUT2D eigenvalue weighted by atomic mass is 9.34. The van der Waals surface area contributed by atoms with Crippen molar-refractivity contribution in [3.8, 4) is 11.5 Å². The Labute approximate surface area is 659 Å². The van der Waals surface area contributed by atoms with Crippen LogP contribution in [0.1, 0.15) is 92.0 Å². The van der Waals surface area contributed by atoms with Gasteiger partial charge in [0.1, 0.15) is 18.7 Å². The summed E-state index contributed by atoms with van der Waals surface area (Å²) in [5.41, 5.74) is 11.2. The summed E-state index contributed by atoms with van der Waals surface area (Å²) < 4.78 is 51.0. The summed E-state index contributed by atoms with van der Waals surface area (Å²) >= 11 is 24.9. The number of ether oxygens (including phenoxy) is 8. The van der Waals surface area contributed by atoms with Crippen molar-refractivity contribution >= 4 is 153 Å². The Hall–Kier alpha value is -7.89. The van der Waals surface area contributed by atoms with Gasteiger partial charge in [-0.1, -0.05) is 26.0 Å². The number of alkyl halides is 2. The van der Waals surface area contributed by atoms with E-state index in [0.717, 1.165) is 43.5 Å². The summed E-state index contributed by atoms with van der Waals surface area (Å²) in [6.07, 6.45) is 7.66. The molecule has 36 heteroatoms. The molecule has 2 aromatic heterocycles. The van der Waals surface area contributed by atoms with Crippen molar-refractivity contribution in [1.29, 1.82) is 0 Å². The minimum atomic E-state index is -2.75. The van der Waals surface area contributed by atoms with E-state index in [1.165, 1.54) is 12.2 Å². The van der Waals surface area contributed by atoms with Crippen LogP contribution in [-0.4, -0.2) is 249 Å². The summed E-state index contributed by atoms with van der Waals surface area (Å²) in [6, 6.07) is 7.61. The number of aromatic nitrogens is 2. The molecule has 6 aliphatic rings. The minimum Gasteiger partial charge on any atom is -0.466 e. The number of urea groups is 1. The van der Waals surface area contributed by atoms with Crippen molar-refractivity contribution in [2.45, 2.75) is 96.7 Å². The fraction of sp³-hybridized carbons (Fsp3) is 0.541. The highest BCUT2D eigenvalue weighted by atomic mass is 35.5. The van der Waals surface area contributed by atoms with Crippen LogP contribution in [0, 0.1) is 30.6 Å². The molecule has 0 saturated heterocycles. The third-order valence-corrected chi connectivity index (χ3v) is 22.1. The Morgan fingerprint density at radius 2 is 1.16 bits per heavy atom. The molecular weight excluding hydrogens is 1530 g/mol. The first kappa shape index (κ1) is 84.6. The molecule has 3 saturated carbocycles. The van der Waals surface area contributed by atoms with E-state index in [9.17, 15) is 43.3 Å². The molecule has 2 bridgehead atoms. The maximum absolute atomic E-state index is 15.0. The number of fused-ring (bicyclic) bond motifs is 6. The third-order valence-electron chi connectivity index (χ3n) is 20.2. The number of imide groups is 1. The van der Waals surface area contributed by atoms with Gasteiger partial charge in [0.25, 0.3) is 22.2 Å². The van der Waals surface area contributed by atoms with E-state index in [1.807, 2.05) is 37.2 Å². The molecule has 3 aliphatic carbocycles. The number of thiocarbonyl (C=S) groups is 2. The Bertz CT molecular complexity index is 4170. The van der Waals surface area contributed by atoms with Crippen LogP contribution in [0.3, 0.4) is 0 Å². The first-order chi connectivity index (χ1) is 52.8. The van der Waals surface area contributed by atoms with Crippen LogP contribution >= 0.6 is 56.2 Å². The molecule has 0 spiro atoms. The molecule has 3 aromatic carbocycles. The van der Waals surface area contributed by atoms with Crippen molar-refractivity contribution < 1.29 is 90.6 Å². The van der Waals surface area contributed by atoms with E-state index in [-0.39, 0.29) is 135 Å². The number of rotatable bonds is 43. The van der Waals surface area contributed by atoms with Crippen molar-refractivity contribution in [2.75, 3.05) is 160 Å². The number of halogens is 2. The molecular formula is C74H97Cl2N12O19PS2. The number of nitrogens with one attached hydrogen (secondary N) is 6. The normalized spacial score (nSPS) is 18.6. The molecule has 11 rings (SSSR count). The monoisotopic (exact) mass is 1620 g/mol. The van der Waals surface area contributed by atoms with Crippen molar-refractivity contribution in [3.05, 3.63) is 88.8 Å². The Morgan fingerprint density at radius 1 is 0.682 bits per heavy atom. The van der Waals surface area contributed by atoms with Gasteiger partial charge in [0.2, 0.25) is 29.5 Å². The molecule has 110 heavy (non-hydrogen) atoms. The van der Waals surface area contributed by atoms with E-state index in [1.54, 1.807) is 73.0 Å². The van der Waals surface area contributed by atoms with Crippen LogP contribution in [0.25, 0.3) is 21.8 Å². The Balaban J connectivity index is 0.628. The predicted molar refractivity (Wildman–Crippen MR) is 420 cm³/mol. The quantitative estimate of drug-likeness (QED) is 0.00659. The lowest BCUT2D eigenvalue weighted by molar-refractivity contribution is -0.205. The van der Waals surface area contributed by atoms with E-state index in [0.29, 0.717) is 132 Å². The Kier molecular flexibility index (Phi) is 30.0. The zero-order valence-electron chi connectivity index (χ0n) is 62.4. The lowest BCUT2D eigenvalue weighted by Gasteiger charge is -2.69. The number of H-pyrrole nitrogens is 2. The molecule has 3 fully saturated rings. The zero-order chi connectivity index (χ0) is 79.0. The molecule has 9 amide bonds. The SMILES string of the molecule is Cc1c[nH]c2c(OC(=S)N(C)CCN(C)C(=S)OCc3ccc(NC(=O)[C@H](CCCNC(N)=O)NC(=O)[C@@H](NC(=O)CCOCCOCCOCCOCCOCCOCCN4C(=O)C=CC4=O)C(C)C)cc3)cc3c(c12)[C@H](CCl)CN3C(=O)C12CC(C(=O)N3C[C@@H](CCl)c4c3cc(OP(O)O)c3[nH]cc(C)c43)(C1)C2. The van der Waals surface area contributed by atoms with Crippen LogP contribution in [0.5, 0.6) is 11.5 Å². The second-order valence-corrected chi connectivity index (χ2v) is 30.4. The molecule has 10 N–H and O–H groups in total. The largest absolute Gasteiger partial charge is 0.466 e. The average molecular weight is 1620 g/mol. The number of aryl methyl sites for hydroxylation is 2. The summed E-state index contributed by atoms with van der Waals surface area (Å²) in [5, 5.41) is 13.0. The van der Waals surface area contributed by atoms with Crippen LogP contribution in [0.4, 0.5) is 21.9 Å². The number of nitrogens with two attached hydrogens (primary N) is 1. The summed E-state index contributed by atoms with van der Waals surface area (Å²) in [6.45, 7) is 12.9. The first-order valence-corrected chi connectivity index (χ1v) is 39.6. The van der Waals surface area contributed by atoms with Crippen molar-refractivity contribution in [2.24, 2.45) is 22.5 Å². The standard InChI is InChI=1S/C74H97Cl2N12O19PS2/c1-44(2)63(83-56(89)15-20-99-22-24-101-26-28-103-30-31-104-29-27-102-25-23-100-21-19-86-57(90)13-14-58(86)91)67(93)82-51(8-7-16-78-70(77)96)66(92)81-50-11-9-47(10-12-50)40-105-71(109)84(5)17-18-85(6)72(110)106-54-32-52-61(59-45(3)36-79-64(54)59)48(34-75)38-87(52)68(94)73-41-74(42-73,43-73)69(95)88-39-49(35-76)62-53(88)33-55(107-108(97)98)65-60(62)46(4)37-80-65/h9-14,32-33,36-37,44,48-49,51,63,79-80,97-98H,7-8,15-31,34-35,38-43H2,1-6H3,(H,81,92)(H,82,93)(H,83,89)(H3,77,78,96)/t48-,49-,51+,63+,73?,74?/m1/s1. The van der Waals surface area contributed by atoms with Crippen molar-refractivity contribution in [3.63, 3.8) is 0 Å². The van der Waals surface area contributed by atoms with Crippen LogP contribution in [0.2, 0.25) is 0 Å². The van der Waals surface area contributed by atoms with Gasteiger partial charge in [0.15, 0.2) is 11.5 Å². The number of nitrogens with zero attached hydrogens (tertiary/aromatic N) is 5. The number of carbonyl (C=O) groups excluding carboxylic acids is 8. The highest BCUT2D eigenvalue weighted by Gasteiger charge is 2.76. The number of amides is 9. The van der Waals surface area contributed by atoms with Gasteiger partial charge in [0.05, 0.1) is 119 Å². The first-order valence-electron chi connectivity index (χ1n) is 36.5. The molecule has 598 valence electrons. The molecule has 0 unspecified atom stereocenters. The zero-order valence-corrected chi connectivity index (χ0v) is 66.5. The van der Waals surface area contributed by atoms with Crippen LogP contribution < -0.4 is 46.1 Å². The number of anilines is 3. The lowest BCUT2D eigenvalue weighted by Crippen LogP contribution is -2.73. The predicted octanol–water partition coefficient (Wildman–Crippen LogP) is 6.52. The highest BCUT2D eigenvalue weighted by Crippen LogP contribution is 2.75. The van der Waals surface area contributed by atoms with E-state index in [2.05, 4.69) is 31.2 Å². The maximum Gasteiger partial charge on any atom is 0.391 e. The second kappa shape index (κ2) is 39.0. The van der Waals surface area contributed by atoms with Gasteiger partial charge in [-0.15, -0.1) is 23.2 Å². The fourth-order valence-electron chi connectivity index (χ4n) is 14.5. The molecule has 4 atom stereocenters. The fourth-order valence-corrected chi connectivity index (χ4v) is 15.7. The van der Waals surface area contributed by atoms with E-state index >= 15 is 4.79 Å². The molecule has 0 radical (unpaired) electrons. The van der Waals surface area contributed by atoms with Crippen molar-refractivity contribution in [1.82, 2.24) is 40.6 Å². The molecule has 3 aliphatic heterocycles. The molecule has 31 nitrogen and oxygen atoms in total. The van der Waals surface area contributed by atoms with Gasteiger partial charge in [-0.2, -0.15) is 0 Å². The number of aromatic amines is 2. The van der Waals surface area contributed by atoms with Crippen LogP contribution in [0.15, 0.2) is 60.9 Å². The number of hydrogen-bond acceptors (Lipinski definition) is 21. The summed E-state index contributed by atoms with van der Waals surface area (Å²) in [7, 11) is 0.844. The number of carbonyl (C=O) groups is 8. The van der Waals surface area contributed by atoms with Gasteiger partial charge in [-0.3, -0.25) is 38.5 Å². The number of benzene rings is 3.